The summed E-state index contributed by atoms with van der Waals surface area (Å²) in [4.78, 5) is 0. The summed E-state index contributed by atoms with van der Waals surface area (Å²) in [6.45, 7) is 7.00. The molecule has 0 unspecified atom stereocenters. The normalized spacial score (nSPS) is 15.3. The highest BCUT2D eigenvalue weighted by Crippen LogP contribution is 2.41. The molecule has 1 fully saturated rings. The van der Waals surface area contributed by atoms with Crippen molar-refractivity contribution in [2.75, 3.05) is 6.61 Å². The fourth-order valence-corrected chi connectivity index (χ4v) is 1.76. The molecule has 0 spiro atoms. The summed E-state index contributed by atoms with van der Waals surface area (Å²) in [5.41, 5.74) is 2.49. The zero-order valence-electron chi connectivity index (χ0n) is 9.46. The average Bonchev–Trinajstić information content (AvgIpc) is 3.00. The van der Waals surface area contributed by atoms with Crippen molar-refractivity contribution < 1.29 is 4.74 Å². The molecule has 0 bridgehead atoms. The molecule has 1 aromatic carbocycles. The van der Waals surface area contributed by atoms with E-state index in [2.05, 4.69) is 26.0 Å². The van der Waals surface area contributed by atoms with Crippen LogP contribution in [0.2, 0.25) is 0 Å². The summed E-state index contributed by atoms with van der Waals surface area (Å²) in [5.74, 6) is 1.78. The third-order valence-corrected chi connectivity index (χ3v) is 2.80. The molecule has 1 aliphatic rings. The van der Waals surface area contributed by atoms with Gasteiger partial charge in [-0.25, -0.2) is 0 Å². The van der Waals surface area contributed by atoms with Gasteiger partial charge in [0.05, 0.1) is 6.61 Å². The molecule has 2 rings (SSSR count). The van der Waals surface area contributed by atoms with Crippen LogP contribution in [0, 0.1) is 6.92 Å². The summed E-state index contributed by atoms with van der Waals surface area (Å²) < 4.78 is 5.71. The summed E-state index contributed by atoms with van der Waals surface area (Å²) in [6, 6.07) is 6.40. The van der Waals surface area contributed by atoms with Gasteiger partial charge in [0.25, 0.3) is 0 Å². The largest absolute Gasteiger partial charge is 0.494 e. The Kier molecular flexibility index (Phi) is 3.30. The van der Waals surface area contributed by atoms with E-state index in [4.69, 9.17) is 4.74 Å². The van der Waals surface area contributed by atoms with Crippen LogP contribution in [0.3, 0.4) is 0 Å². The van der Waals surface area contributed by atoms with Gasteiger partial charge < -0.3 is 4.74 Å². The second kappa shape index (κ2) is 4.69. The third-order valence-electron chi connectivity index (χ3n) is 2.80. The molecular formula is C14H19O. The zero-order chi connectivity index (χ0) is 10.7. The molecular weight excluding hydrogens is 184 g/mol. The number of rotatable bonds is 5. The fourth-order valence-electron chi connectivity index (χ4n) is 1.76. The molecule has 1 aliphatic carbocycles. The average molecular weight is 203 g/mol. The smallest absolute Gasteiger partial charge is 0.119 e. The lowest BCUT2D eigenvalue weighted by Crippen LogP contribution is -1.97. The maximum atomic E-state index is 5.71. The molecule has 0 aromatic heterocycles. The summed E-state index contributed by atoms with van der Waals surface area (Å²) in [7, 11) is 0. The van der Waals surface area contributed by atoms with Crippen LogP contribution in [0.4, 0.5) is 0 Å². The molecule has 0 N–H and O–H groups in total. The second-order valence-corrected chi connectivity index (χ2v) is 4.39. The van der Waals surface area contributed by atoms with Crippen LogP contribution in [-0.4, -0.2) is 6.61 Å². The van der Waals surface area contributed by atoms with Gasteiger partial charge in [0.2, 0.25) is 0 Å². The molecule has 0 atom stereocenters. The van der Waals surface area contributed by atoms with Gasteiger partial charge in [0, 0.05) is 0 Å². The molecule has 1 radical (unpaired) electrons. The Morgan fingerprint density at radius 1 is 1.33 bits per heavy atom. The first kappa shape index (κ1) is 10.5. The van der Waals surface area contributed by atoms with Crippen molar-refractivity contribution in [1.29, 1.82) is 0 Å². The number of benzene rings is 1. The molecule has 0 aliphatic heterocycles. The highest BCUT2D eigenvalue weighted by molar-refractivity contribution is 5.39. The van der Waals surface area contributed by atoms with E-state index in [1.54, 1.807) is 0 Å². The van der Waals surface area contributed by atoms with E-state index in [1.165, 1.54) is 24.8 Å². The van der Waals surface area contributed by atoms with E-state index < -0.39 is 0 Å². The van der Waals surface area contributed by atoms with Crippen LogP contribution in [0.5, 0.6) is 5.75 Å². The first-order chi connectivity index (χ1) is 7.29. The van der Waals surface area contributed by atoms with Crippen molar-refractivity contribution in [3.63, 3.8) is 0 Å². The van der Waals surface area contributed by atoms with Gasteiger partial charge in [-0.2, -0.15) is 0 Å². The summed E-state index contributed by atoms with van der Waals surface area (Å²) in [6.07, 6.45) is 4.97. The van der Waals surface area contributed by atoms with E-state index in [0.717, 1.165) is 30.3 Å². The van der Waals surface area contributed by atoms with Crippen molar-refractivity contribution in [2.24, 2.45) is 0 Å². The van der Waals surface area contributed by atoms with Crippen molar-refractivity contribution in [3.8, 4) is 5.75 Å². The molecule has 1 aromatic rings. The number of hydrogen-bond donors (Lipinski definition) is 0. The SMILES string of the molecule is [CH2]c1cc(OCCCC)cc(C2CC2)c1. The van der Waals surface area contributed by atoms with Gasteiger partial charge in [0.1, 0.15) is 5.75 Å². The summed E-state index contributed by atoms with van der Waals surface area (Å²) >= 11 is 0. The molecule has 15 heavy (non-hydrogen) atoms. The van der Waals surface area contributed by atoms with E-state index >= 15 is 0 Å². The van der Waals surface area contributed by atoms with Gasteiger partial charge in [-0.1, -0.05) is 19.4 Å². The lowest BCUT2D eigenvalue weighted by molar-refractivity contribution is 0.309. The van der Waals surface area contributed by atoms with Gasteiger partial charge in [-0.05, 0) is 55.4 Å². The molecule has 0 heterocycles. The van der Waals surface area contributed by atoms with E-state index in [0.29, 0.717) is 0 Å². The first-order valence-electron chi connectivity index (χ1n) is 5.89. The molecule has 1 saturated carbocycles. The Bertz CT molecular complexity index is 326. The van der Waals surface area contributed by atoms with Gasteiger partial charge in [-0.3, -0.25) is 0 Å². The highest BCUT2D eigenvalue weighted by atomic mass is 16.5. The van der Waals surface area contributed by atoms with Crippen molar-refractivity contribution in [2.45, 2.75) is 38.5 Å². The lowest BCUT2D eigenvalue weighted by Gasteiger charge is -2.08. The van der Waals surface area contributed by atoms with E-state index in [9.17, 15) is 0 Å². The van der Waals surface area contributed by atoms with Crippen LogP contribution >= 0.6 is 0 Å². The Hall–Kier alpha value is -0.980. The Balaban J connectivity index is 2.02. The predicted molar refractivity (Wildman–Crippen MR) is 63.3 cm³/mol. The Labute approximate surface area is 92.5 Å². The minimum atomic E-state index is 0.778. The van der Waals surface area contributed by atoms with Crippen LogP contribution in [-0.2, 0) is 0 Å². The topological polar surface area (TPSA) is 9.23 Å². The monoisotopic (exact) mass is 203 g/mol. The van der Waals surface area contributed by atoms with Crippen molar-refractivity contribution in [3.05, 3.63) is 36.2 Å². The number of ether oxygens (including phenoxy) is 1. The third kappa shape index (κ3) is 2.98. The Morgan fingerprint density at radius 2 is 2.13 bits per heavy atom. The lowest BCUT2D eigenvalue weighted by atomic mass is 10.1. The van der Waals surface area contributed by atoms with Crippen LogP contribution in [0.25, 0.3) is 0 Å². The van der Waals surface area contributed by atoms with Crippen LogP contribution < -0.4 is 4.74 Å². The van der Waals surface area contributed by atoms with Gasteiger partial charge >= 0.3 is 0 Å². The fraction of sp³-hybridized carbons (Fsp3) is 0.500. The summed E-state index contributed by atoms with van der Waals surface area (Å²) in [5, 5.41) is 0. The van der Waals surface area contributed by atoms with Crippen LogP contribution in [0.1, 0.15) is 49.7 Å². The van der Waals surface area contributed by atoms with E-state index in [1.807, 2.05) is 6.07 Å². The van der Waals surface area contributed by atoms with Crippen molar-refractivity contribution >= 4 is 0 Å². The van der Waals surface area contributed by atoms with Crippen LogP contribution in [0.15, 0.2) is 18.2 Å². The first-order valence-corrected chi connectivity index (χ1v) is 5.89. The number of hydrogen-bond acceptors (Lipinski definition) is 1. The molecule has 81 valence electrons. The minimum absolute atomic E-state index is 0.778. The zero-order valence-corrected chi connectivity index (χ0v) is 9.46. The Morgan fingerprint density at radius 3 is 2.80 bits per heavy atom. The maximum absolute atomic E-state index is 5.71. The minimum Gasteiger partial charge on any atom is -0.494 e. The van der Waals surface area contributed by atoms with Gasteiger partial charge in [0.15, 0.2) is 0 Å². The number of unbranched alkanes of at least 4 members (excludes halogenated alkanes) is 1. The quantitative estimate of drug-likeness (QED) is 0.659. The molecule has 0 saturated heterocycles. The maximum Gasteiger partial charge on any atom is 0.119 e. The molecule has 1 nitrogen and oxygen atoms in total. The second-order valence-electron chi connectivity index (χ2n) is 4.39. The standard InChI is InChI=1S/C14H19O/c1-3-4-7-15-14-9-11(2)8-13(10-14)12-5-6-12/h8-10,12H,2-7H2,1H3. The predicted octanol–water partition coefficient (Wildman–Crippen LogP) is 3.93. The van der Waals surface area contributed by atoms with E-state index in [-0.39, 0.29) is 0 Å². The highest BCUT2D eigenvalue weighted by Gasteiger charge is 2.23. The molecule has 0 amide bonds. The van der Waals surface area contributed by atoms with Gasteiger partial charge in [-0.15, -0.1) is 0 Å². The molecule has 1 heteroatoms. The van der Waals surface area contributed by atoms with Crippen molar-refractivity contribution in [1.82, 2.24) is 0 Å².